The van der Waals surface area contributed by atoms with Gasteiger partial charge >= 0.3 is 0 Å². The summed E-state index contributed by atoms with van der Waals surface area (Å²) in [5.74, 6) is 0.0838. The molecule has 0 aliphatic rings. The smallest absolute Gasteiger partial charge is 0.138 e. The first-order valence-corrected chi connectivity index (χ1v) is 7.20. The maximum absolute atomic E-state index is 9.93. The van der Waals surface area contributed by atoms with Crippen LogP contribution in [-0.2, 0) is 6.54 Å². The topological polar surface area (TPSA) is 32.3 Å². The molecule has 20 heavy (non-hydrogen) atoms. The zero-order valence-electron chi connectivity index (χ0n) is 11.5. The Hall–Kier alpha value is -1.22. The van der Waals surface area contributed by atoms with Gasteiger partial charge in [0.15, 0.2) is 0 Å². The number of hydrogen-bond donors (Lipinski definition) is 2. The van der Waals surface area contributed by atoms with Crippen LogP contribution in [-0.4, -0.2) is 5.11 Å². The van der Waals surface area contributed by atoms with Crippen molar-refractivity contribution in [3.8, 4) is 5.75 Å². The molecular formula is C16H17Cl2NO. The van der Waals surface area contributed by atoms with Crippen molar-refractivity contribution < 1.29 is 5.11 Å². The Kier molecular flexibility index (Phi) is 4.92. The van der Waals surface area contributed by atoms with Crippen LogP contribution in [0.15, 0.2) is 36.4 Å². The zero-order chi connectivity index (χ0) is 14.7. The SMILES string of the molecule is Cc1ccccc1[C@@H](C)NCc1cc(Cl)cc(Cl)c1O. The van der Waals surface area contributed by atoms with Gasteiger partial charge in [-0.05, 0) is 37.1 Å². The average Bonchev–Trinajstić information content (AvgIpc) is 2.41. The van der Waals surface area contributed by atoms with E-state index in [1.54, 1.807) is 6.07 Å². The highest BCUT2D eigenvalue weighted by molar-refractivity contribution is 6.35. The van der Waals surface area contributed by atoms with Gasteiger partial charge in [0.25, 0.3) is 0 Å². The molecule has 0 amide bonds. The monoisotopic (exact) mass is 309 g/mol. The van der Waals surface area contributed by atoms with E-state index >= 15 is 0 Å². The largest absolute Gasteiger partial charge is 0.506 e. The second-order valence-corrected chi connectivity index (χ2v) is 5.70. The summed E-state index contributed by atoms with van der Waals surface area (Å²) in [6.07, 6.45) is 0. The second-order valence-electron chi connectivity index (χ2n) is 4.85. The fourth-order valence-electron chi connectivity index (χ4n) is 2.20. The molecule has 0 fully saturated rings. The van der Waals surface area contributed by atoms with Gasteiger partial charge in [0.05, 0.1) is 5.02 Å². The summed E-state index contributed by atoms with van der Waals surface area (Å²) >= 11 is 11.9. The zero-order valence-corrected chi connectivity index (χ0v) is 13.0. The molecular weight excluding hydrogens is 293 g/mol. The molecule has 2 rings (SSSR count). The summed E-state index contributed by atoms with van der Waals surface area (Å²) in [7, 11) is 0. The van der Waals surface area contributed by atoms with Crippen LogP contribution in [0.25, 0.3) is 0 Å². The molecule has 0 heterocycles. The third kappa shape index (κ3) is 3.45. The van der Waals surface area contributed by atoms with Crippen LogP contribution in [0.5, 0.6) is 5.75 Å². The third-order valence-corrected chi connectivity index (χ3v) is 3.87. The molecule has 2 aromatic carbocycles. The molecule has 0 radical (unpaired) electrons. The van der Waals surface area contributed by atoms with Gasteiger partial charge in [-0.3, -0.25) is 0 Å². The number of aromatic hydroxyl groups is 1. The first-order valence-electron chi connectivity index (χ1n) is 6.45. The minimum Gasteiger partial charge on any atom is -0.506 e. The third-order valence-electron chi connectivity index (χ3n) is 3.36. The molecule has 2 aromatic rings. The van der Waals surface area contributed by atoms with E-state index in [1.165, 1.54) is 17.2 Å². The highest BCUT2D eigenvalue weighted by Crippen LogP contribution is 2.31. The van der Waals surface area contributed by atoms with E-state index in [0.29, 0.717) is 17.1 Å². The van der Waals surface area contributed by atoms with E-state index < -0.39 is 0 Å². The first-order chi connectivity index (χ1) is 9.49. The Bertz CT molecular complexity index is 613. The predicted octanol–water partition coefficient (Wildman–Crippen LogP) is 4.86. The van der Waals surface area contributed by atoms with Crippen LogP contribution < -0.4 is 5.32 Å². The molecule has 0 aliphatic heterocycles. The van der Waals surface area contributed by atoms with Crippen molar-refractivity contribution in [1.82, 2.24) is 5.32 Å². The van der Waals surface area contributed by atoms with Gasteiger partial charge in [0.2, 0.25) is 0 Å². The fraction of sp³-hybridized carbons (Fsp3) is 0.250. The van der Waals surface area contributed by atoms with Gasteiger partial charge in [-0.15, -0.1) is 0 Å². The van der Waals surface area contributed by atoms with Gasteiger partial charge in [-0.2, -0.15) is 0 Å². The van der Waals surface area contributed by atoms with Crippen molar-refractivity contribution in [2.45, 2.75) is 26.4 Å². The summed E-state index contributed by atoms with van der Waals surface area (Å²) < 4.78 is 0. The molecule has 106 valence electrons. The van der Waals surface area contributed by atoms with E-state index in [9.17, 15) is 5.11 Å². The van der Waals surface area contributed by atoms with Crippen LogP contribution in [0.4, 0.5) is 0 Å². The van der Waals surface area contributed by atoms with Crippen molar-refractivity contribution in [1.29, 1.82) is 0 Å². The Labute approximate surface area is 129 Å². The Balaban J connectivity index is 2.11. The molecule has 2 N–H and O–H groups in total. The van der Waals surface area contributed by atoms with Gasteiger partial charge in [0, 0.05) is 23.2 Å². The standard InChI is InChI=1S/C16H17Cl2NO/c1-10-5-3-4-6-14(10)11(2)19-9-12-7-13(17)8-15(18)16(12)20/h3-8,11,19-20H,9H2,1-2H3/t11-/m1/s1. The molecule has 0 aromatic heterocycles. The Morgan fingerprint density at radius 2 is 1.90 bits per heavy atom. The quantitative estimate of drug-likeness (QED) is 0.845. The molecule has 0 saturated heterocycles. The molecule has 0 saturated carbocycles. The maximum Gasteiger partial charge on any atom is 0.138 e. The Morgan fingerprint density at radius 3 is 2.60 bits per heavy atom. The van der Waals surface area contributed by atoms with Gasteiger partial charge < -0.3 is 10.4 Å². The molecule has 0 aliphatic carbocycles. The number of halogens is 2. The number of aryl methyl sites for hydroxylation is 1. The van der Waals surface area contributed by atoms with Gasteiger partial charge in [-0.1, -0.05) is 47.5 Å². The van der Waals surface area contributed by atoms with E-state index in [-0.39, 0.29) is 16.8 Å². The van der Waals surface area contributed by atoms with Gasteiger partial charge in [-0.25, -0.2) is 0 Å². The number of rotatable bonds is 4. The molecule has 0 spiro atoms. The lowest BCUT2D eigenvalue weighted by molar-refractivity contribution is 0.460. The predicted molar refractivity (Wildman–Crippen MR) is 84.6 cm³/mol. The van der Waals surface area contributed by atoms with Crippen molar-refractivity contribution in [2.24, 2.45) is 0 Å². The van der Waals surface area contributed by atoms with Crippen molar-refractivity contribution >= 4 is 23.2 Å². The normalized spacial score (nSPS) is 12.4. The van der Waals surface area contributed by atoms with Crippen LogP contribution in [0, 0.1) is 6.92 Å². The summed E-state index contributed by atoms with van der Waals surface area (Å²) in [6.45, 7) is 4.67. The van der Waals surface area contributed by atoms with Crippen LogP contribution in [0.3, 0.4) is 0 Å². The molecule has 4 heteroatoms. The number of hydrogen-bond acceptors (Lipinski definition) is 2. The molecule has 0 unspecified atom stereocenters. The van der Waals surface area contributed by atoms with Crippen LogP contribution >= 0.6 is 23.2 Å². The highest BCUT2D eigenvalue weighted by atomic mass is 35.5. The minimum absolute atomic E-state index is 0.0838. The Morgan fingerprint density at radius 1 is 1.20 bits per heavy atom. The summed E-state index contributed by atoms with van der Waals surface area (Å²) in [5.41, 5.74) is 3.17. The van der Waals surface area contributed by atoms with E-state index in [1.807, 2.05) is 12.1 Å². The van der Waals surface area contributed by atoms with Crippen molar-refractivity contribution in [3.63, 3.8) is 0 Å². The number of nitrogens with one attached hydrogen (secondary N) is 1. The first kappa shape index (κ1) is 15.2. The number of phenolic OH excluding ortho intramolecular Hbond substituents is 1. The van der Waals surface area contributed by atoms with Crippen molar-refractivity contribution in [3.05, 3.63) is 63.1 Å². The van der Waals surface area contributed by atoms with Crippen LogP contribution in [0.2, 0.25) is 10.0 Å². The molecule has 1 atom stereocenters. The van der Waals surface area contributed by atoms with Gasteiger partial charge in [0.1, 0.15) is 5.75 Å². The van der Waals surface area contributed by atoms with Crippen LogP contribution in [0.1, 0.15) is 29.7 Å². The highest BCUT2D eigenvalue weighted by Gasteiger charge is 2.11. The summed E-state index contributed by atoms with van der Waals surface area (Å²) in [5, 5.41) is 14.1. The van der Waals surface area contributed by atoms with E-state index in [2.05, 4.69) is 31.3 Å². The number of phenols is 1. The lowest BCUT2D eigenvalue weighted by atomic mass is 10.0. The lowest BCUT2D eigenvalue weighted by Gasteiger charge is -2.17. The van der Waals surface area contributed by atoms with E-state index in [4.69, 9.17) is 23.2 Å². The summed E-state index contributed by atoms with van der Waals surface area (Å²) in [4.78, 5) is 0. The maximum atomic E-state index is 9.93. The number of benzene rings is 2. The van der Waals surface area contributed by atoms with Crippen molar-refractivity contribution in [2.75, 3.05) is 0 Å². The lowest BCUT2D eigenvalue weighted by Crippen LogP contribution is -2.19. The second kappa shape index (κ2) is 6.49. The average molecular weight is 310 g/mol. The molecule has 2 nitrogen and oxygen atoms in total. The minimum atomic E-state index is 0.0838. The summed E-state index contributed by atoms with van der Waals surface area (Å²) in [6, 6.07) is 11.7. The van der Waals surface area contributed by atoms with E-state index in [0.717, 1.165) is 0 Å². The fourth-order valence-corrected chi connectivity index (χ4v) is 2.74. The molecule has 0 bridgehead atoms.